The lowest BCUT2D eigenvalue weighted by Crippen LogP contribution is -2.28. The smallest absolute Gasteiger partial charge is 0.229 e. The minimum Gasteiger partial charge on any atom is -0.494 e. The summed E-state index contributed by atoms with van der Waals surface area (Å²) in [6.07, 6.45) is 0.943. The monoisotopic (exact) mass is 516 g/mol. The number of anilines is 1. The fraction of sp³-hybridized carbons (Fsp3) is 0.385. The molecule has 3 aromatic rings. The van der Waals surface area contributed by atoms with Crippen molar-refractivity contribution >= 4 is 21.6 Å². The third-order valence-electron chi connectivity index (χ3n) is 5.61. The molecular formula is C26H33FN4O4S. The van der Waals surface area contributed by atoms with Gasteiger partial charge in [0.15, 0.2) is 0 Å². The van der Waals surface area contributed by atoms with Gasteiger partial charge in [0.25, 0.3) is 0 Å². The van der Waals surface area contributed by atoms with Crippen molar-refractivity contribution in [2.24, 2.45) is 0 Å². The van der Waals surface area contributed by atoms with Crippen LogP contribution in [0.1, 0.15) is 57.5 Å². The molecule has 1 amide bonds. The topological polar surface area (TPSA) is 113 Å². The van der Waals surface area contributed by atoms with Crippen molar-refractivity contribution in [3.8, 4) is 16.9 Å². The van der Waals surface area contributed by atoms with E-state index in [1.165, 1.54) is 12.1 Å². The molecule has 0 aliphatic carbocycles. The van der Waals surface area contributed by atoms with Gasteiger partial charge in [-0.3, -0.25) is 14.6 Å². The van der Waals surface area contributed by atoms with Gasteiger partial charge in [-0.25, -0.2) is 12.8 Å². The van der Waals surface area contributed by atoms with Crippen LogP contribution >= 0.6 is 0 Å². The number of nitrogens with one attached hydrogen (secondary N) is 3. The van der Waals surface area contributed by atoms with Gasteiger partial charge in [0.1, 0.15) is 11.6 Å². The van der Waals surface area contributed by atoms with E-state index in [1.807, 2.05) is 31.2 Å². The Morgan fingerprint density at radius 2 is 1.92 bits per heavy atom. The second kappa shape index (κ2) is 10.7. The molecule has 0 saturated heterocycles. The van der Waals surface area contributed by atoms with E-state index in [0.717, 1.165) is 40.6 Å². The number of nitrogens with zero attached hydrogens (tertiary/aromatic N) is 1. The average Bonchev–Trinajstić information content (AvgIpc) is 3.22. The summed E-state index contributed by atoms with van der Waals surface area (Å²) in [5.41, 5.74) is 3.45. The number of sulfonamides is 1. The maximum Gasteiger partial charge on any atom is 0.229 e. The number of hydrogen-bond acceptors (Lipinski definition) is 5. The number of halogens is 1. The molecule has 3 rings (SSSR count). The number of aromatic amines is 1. The first-order chi connectivity index (χ1) is 16.8. The van der Waals surface area contributed by atoms with Crippen molar-refractivity contribution in [2.75, 3.05) is 17.6 Å². The Morgan fingerprint density at radius 1 is 1.19 bits per heavy atom. The third kappa shape index (κ3) is 6.63. The summed E-state index contributed by atoms with van der Waals surface area (Å²) in [6, 6.07) is 11.7. The number of aromatic nitrogens is 2. The number of carbonyl (C=O) groups is 1. The van der Waals surface area contributed by atoms with Crippen LogP contribution in [-0.4, -0.2) is 37.4 Å². The molecule has 1 unspecified atom stereocenters. The van der Waals surface area contributed by atoms with Gasteiger partial charge >= 0.3 is 0 Å². The fourth-order valence-electron chi connectivity index (χ4n) is 3.83. The fourth-order valence-corrected chi connectivity index (χ4v) is 4.40. The minimum absolute atomic E-state index is 0.167. The van der Waals surface area contributed by atoms with Gasteiger partial charge in [-0.1, -0.05) is 39.0 Å². The lowest BCUT2D eigenvalue weighted by molar-refractivity contribution is -0.122. The van der Waals surface area contributed by atoms with Gasteiger partial charge in [0.2, 0.25) is 15.9 Å². The molecule has 0 aliphatic heterocycles. The van der Waals surface area contributed by atoms with Crippen LogP contribution in [0.3, 0.4) is 0 Å². The molecule has 0 spiro atoms. The molecule has 0 aliphatic rings. The van der Waals surface area contributed by atoms with E-state index < -0.39 is 21.8 Å². The van der Waals surface area contributed by atoms with Crippen molar-refractivity contribution in [1.82, 2.24) is 15.5 Å². The lowest BCUT2D eigenvalue weighted by Gasteiger charge is -2.19. The molecule has 0 saturated carbocycles. The van der Waals surface area contributed by atoms with Crippen LogP contribution < -0.4 is 14.8 Å². The van der Waals surface area contributed by atoms with Crippen molar-refractivity contribution < 1.29 is 22.3 Å². The molecular weight excluding hydrogens is 483 g/mol. The van der Waals surface area contributed by atoms with E-state index in [9.17, 15) is 17.6 Å². The van der Waals surface area contributed by atoms with Gasteiger partial charge in [0.05, 0.1) is 42.4 Å². The van der Waals surface area contributed by atoms with Crippen molar-refractivity contribution in [3.05, 3.63) is 65.2 Å². The normalized spacial score (nSPS) is 12.8. The van der Waals surface area contributed by atoms with E-state index in [1.54, 1.807) is 6.92 Å². The maximum atomic E-state index is 14.4. The van der Waals surface area contributed by atoms with Gasteiger partial charge in [-0.2, -0.15) is 5.10 Å². The van der Waals surface area contributed by atoms with Crippen LogP contribution in [0, 0.1) is 5.82 Å². The van der Waals surface area contributed by atoms with Crippen LogP contribution in [0.2, 0.25) is 0 Å². The number of benzene rings is 2. The zero-order chi connectivity index (χ0) is 26.7. The summed E-state index contributed by atoms with van der Waals surface area (Å²) in [4.78, 5) is 12.9. The number of carbonyl (C=O) groups excluding carboxylic acids is 1. The summed E-state index contributed by atoms with van der Waals surface area (Å²) in [7, 11) is -3.62. The number of amides is 1. The van der Waals surface area contributed by atoms with Gasteiger partial charge in [-0.15, -0.1) is 0 Å². The summed E-state index contributed by atoms with van der Waals surface area (Å²) < 4.78 is 45.0. The number of H-pyrrole nitrogens is 1. The van der Waals surface area contributed by atoms with Crippen LogP contribution in [0.15, 0.2) is 42.5 Å². The Kier molecular flexibility index (Phi) is 8.08. The Balaban J connectivity index is 1.83. The predicted molar refractivity (Wildman–Crippen MR) is 139 cm³/mol. The number of rotatable bonds is 9. The highest BCUT2D eigenvalue weighted by molar-refractivity contribution is 7.92. The van der Waals surface area contributed by atoms with Gasteiger partial charge < -0.3 is 10.1 Å². The van der Waals surface area contributed by atoms with Crippen LogP contribution in [0.25, 0.3) is 11.1 Å². The lowest BCUT2D eigenvalue weighted by atomic mass is 9.86. The molecule has 8 nitrogen and oxygen atoms in total. The molecule has 2 aromatic carbocycles. The highest BCUT2D eigenvalue weighted by Crippen LogP contribution is 2.35. The first kappa shape index (κ1) is 27.2. The summed E-state index contributed by atoms with van der Waals surface area (Å²) in [6.45, 7) is 10.5. The van der Waals surface area contributed by atoms with Gasteiger partial charge in [0, 0.05) is 11.0 Å². The molecule has 1 heterocycles. The Labute approximate surface area is 211 Å². The van der Waals surface area contributed by atoms with E-state index in [2.05, 4.69) is 41.0 Å². The Bertz CT molecular complexity index is 1350. The highest BCUT2D eigenvalue weighted by atomic mass is 32.2. The molecule has 0 bridgehead atoms. The molecule has 3 N–H and O–H groups in total. The predicted octanol–water partition coefficient (Wildman–Crippen LogP) is 4.70. The Morgan fingerprint density at radius 3 is 2.53 bits per heavy atom. The summed E-state index contributed by atoms with van der Waals surface area (Å²) in [5, 5.41) is 10.5. The largest absolute Gasteiger partial charge is 0.494 e. The first-order valence-corrected chi connectivity index (χ1v) is 13.5. The van der Waals surface area contributed by atoms with Crippen molar-refractivity contribution in [3.63, 3.8) is 0 Å². The third-order valence-corrected chi connectivity index (χ3v) is 6.20. The van der Waals surface area contributed by atoms with E-state index in [-0.39, 0.29) is 23.6 Å². The minimum atomic E-state index is -3.62. The van der Waals surface area contributed by atoms with Crippen LogP contribution in [0.4, 0.5) is 10.1 Å². The zero-order valence-electron chi connectivity index (χ0n) is 21.4. The number of ether oxygens (including phenoxy) is 1. The standard InChI is InChI=1S/C26H33FN4O4S/c1-7-35-19-10-8-9-18(13-19)23-22(29-30-24(23)26(3,4)5)15-28-25(32)16(2)17-11-12-21(20(27)14-17)31-36(6,33)34/h8-14,16,31H,7,15H2,1-6H3,(H,28,32)(H,29,30). The highest BCUT2D eigenvalue weighted by Gasteiger charge is 2.26. The second-order valence-corrected chi connectivity index (χ2v) is 11.4. The summed E-state index contributed by atoms with van der Waals surface area (Å²) >= 11 is 0. The van der Waals surface area contributed by atoms with Crippen molar-refractivity contribution in [2.45, 2.75) is 52.5 Å². The molecule has 0 radical (unpaired) electrons. The van der Waals surface area contributed by atoms with E-state index in [4.69, 9.17) is 4.74 Å². The van der Waals surface area contributed by atoms with E-state index >= 15 is 0 Å². The summed E-state index contributed by atoms with van der Waals surface area (Å²) in [5.74, 6) is -0.978. The van der Waals surface area contributed by atoms with Crippen LogP contribution in [-0.2, 0) is 26.8 Å². The number of hydrogen-bond donors (Lipinski definition) is 3. The molecule has 0 fully saturated rings. The Hall–Kier alpha value is -3.40. The van der Waals surface area contributed by atoms with Gasteiger partial charge in [-0.05, 0) is 49.2 Å². The molecule has 1 atom stereocenters. The quantitative estimate of drug-likeness (QED) is 0.381. The SMILES string of the molecule is CCOc1cccc(-c2c(C(C)(C)C)n[nH]c2CNC(=O)C(C)c2ccc(NS(C)(=O)=O)c(F)c2)c1. The zero-order valence-corrected chi connectivity index (χ0v) is 22.2. The maximum absolute atomic E-state index is 14.4. The molecule has 1 aromatic heterocycles. The molecule has 36 heavy (non-hydrogen) atoms. The van der Waals surface area contributed by atoms with Crippen LogP contribution in [0.5, 0.6) is 5.75 Å². The first-order valence-electron chi connectivity index (χ1n) is 11.7. The average molecular weight is 517 g/mol. The molecule has 194 valence electrons. The second-order valence-electron chi connectivity index (χ2n) is 9.69. The van der Waals surface area contributed by atoms with E-state index in [0.29, 0.717) is 12.2 Å². The molecule has 10 heteroatoms. The van der Waals surface area contributed by atoms with Crippen molar-refractivity contribution in [1.29, 1.82) is 0 Å².